The molecule has 4 heterocycles. The molecule has 0 radical (unpaired) electrons. The summed E-state index contributed by atoms with van der Waals surface area (Å²) in [6.07, 6.45) is 0.0985. The van der Waals surface area contributed by atoms with E-state index in [0.29, 0.717) is 4.90 Å². The molecule has 0 aromatic heterocycles. The van der Waals surface area contributed by atoms with Crippen molar-refractivity contribution in [1.29, 1.82) is 0 Å². The van der Waals surface area contributed by atoms with Crippen LogP contribution in [0.2, 0.25) is 20.1 Å². The summed E-state index contributed by atoms with van der Waals surface area (Å²) in [7, 11) is 1.36. The van der Waals surface area contributed by atoms with Crippen molar-refractivity contribution < 1.29 is 21.9 Å². The average molecular weight is 578 g/mol. The van der Waals surface area contributed by atoms with Crippen LogP contribution in [0.25, 0.3) is 0 Å². The molecule has 3 amide bonds. The average Bonchev–Trinajstić information content (AvgIpc) is 3.43. The van der Waals surface area contributed by atoms with Crippen LogP contribution in [0, 0.1) is 11.8 Å². The highest BCUT2D eigenvalue weighted by Crippen LogP contribution is 2.62. The number of carbonyl (C=O) groups is 3. The van der Waals surface area contributed by atoms with Crippen LogP contribution in [-0.2, 0) is 19.9 Å². The Morgan fingerprint density at radius 3 is 2.40 bits per heavy atom. The third kappa shape index (κ3) is 2.94. The molecule has 4 aliphatic heterocycles. The number of imide groups is 1. The highest BCUT2D eigenvalue weighted by molar-refractivity contribution is 6.39. The zero-order valence-electron chi connectivity index (χ0n) is 19.8. The monoisotopic (exact) mass is 575 g/mol. The van der Waals surface area contributed by atoms with Gasteiger partial charge in [0.1, 0.15) is 5.54 Å². The number of anilines is 2. The minimum Gasteiger partial charge on any atom is -0.494 e. The summed E-state index contributed by atoms with van der Waals surface area (Å²) in [6, 6.07) is 4.39. The van der Waals surface area contributed by atoms with Gasteiger partial charge in [-0.3, -0.25) is 19.3 Å². The van der Waals surface area contributed by atoms with E-state index in [1.165, 1.54) is 36.3 Å². The maximum atomic E-state index is 14.3. The zero-order valence-corrected chi connectivity index (χ0v) is 21.6. The van der Waals surface area contributed by atoms with Gasteiger partial charge in [-0.05, 0) is 30.7 Å². The van der Waals surface area contributed by atoms with Gasteiger partial charge in [0.25, 0.3) is 5.91 Å². The van der Waals surface area contributed by atoms with E-state index in [9.17, 15) is 17.1 Å². The van der Waals surface area contributed by atoms with E-state index < -0.39 is 46.5 Å². The second-order valence-electron chi connectivity index (χ2n) is 8.65. The molecule has 0 bridgehead atoms. The Kier molecular flexibility index (Phi) is 4.81. The number of hydrogen-bond acceptors (Lipinski definition) is 5. The van der Waals surface area contributed by atoms with Crippen LogP contribution in [0.3, 0.4) is 0 Å². The maximum Gasteiger partial charge on any atom is 0.250 e. The Bertz CT molecular complexity index is 1440. The summed E-state index contributed by atoms with van der Waals surface area (Å²) >= 11 is 31.8. The van der Waals surface area contributed by atoms with Gasteiger partial charge >= 0.3 is 0 Å². The number of nitrogens with one attached hydrogen (secondary N) is 1. The van der Waals surface area contributed by atoms with E-state index >= 15 is 0 Å². The fraction of sp³-hybridized carbons (Fsp3) is 0.348. The second-order valence-corrected chi connectivity index (χ2v) is 10.9. The normalized spacial score (nSPS) is 36.3. The van der Waals surface area contributed by atoms with Crippen LogP contribution < -0.4 is 15.0 Å². The van der Waals surface area contributed by atoms with Crippen molar-refractivity contribution >= 4 is 87.1 Å². The van der Waals surface area contributed by atoms with Crippen LogP contribution >= 0.6 is 58.0 Å². The van der Waals surface area contributed by atoms with E-state index in [1.54, 1.807) is 0 Å². The molecule has 7 nitrogen and oxygen atoms in total. The van der Waals surface area contributed by atoms with Crippen molar-refractivity contribution in [3.05, 3.63) is 49.9 Å². The maximum absolute atomic E-state index is 14.3. The second kappa shape index (κ2) is 7.88. The van der Waals surface area contributed by atoms with Crippen LogP contribution in [0.4, 0.5) is 11.4 Å². The van der Waals surface area contributed by atoms with Gasteiger partial charge in [0.2, 0.25) is 11.8 Å². The fourth-order valence-electron chi connectivity index (χ4n) is 5.73. The van der Waals surface area contributed by atoms with Crippen molar-refractivity contribution in [2.45, 2.75) is 23.4 Å². The lowest BCUT2D eigenvalue weighted by Gasteiger charge is -2.36. The van der Waals surface area contributed by atoms with E-state index in [2.05, 4.69) is 5.32 Å². The number of alkyl halides is 1. The van der Waals surface area contributed by atoms with Gasteiger partial charge < -0.3 is 10.1 Å². The predicted molar refractivity (Wildman–Crippen MR) is 134 cm³/mol. The Morgan fingerprint density at radius 1 is 1.06 bits per heavy atom. The summed E-state index contributed by atoms with van der Waals surface area (Å²) in [4.78, 5) is 44.5. The molecule has 0 saturated carbocycles. The van der Waals surface area contributed by atoms with Crippen LogP contribution in [0.1, 0.15) is 14.7 Å². The number of rotatable bonds is 2. The third-order valence-corrected chi connectivity index (χ3v) is 8.35. The number of amides is 3. The minimum atomic E-state index is -2.64. The lowest BCUT2D eigenvalue weighted by molar-refractivity contribution is -0.135. The number of nitrogens with zero attached hydrogens (tertiary/aromatic N) is 2. The Balaban J connectivity index is 1.65. The number of benzene rings is 2. The molecular weight excluding hydrogens is 560 g/mol. The molecule has 4 unspecified atom stereocenters. The summed E-state index contributed by atoms with van der Waals surface area (Å²) in [6.45, 7) is 0.0607. The van der Waals surface area contributed by atoms with Gasteiger partial charge in [-0.1, -0.05) is 46.4 Å². The molecule has 2 aromatic carbocycles. The Morgan fingerprint density at radius 2 is 1.74 bits per heavy atom. The van der Waals surface area contributed by atoms with Crippen molar-refractivity contribution in [3.63, 3.8) is 0 Å². The fourth-order valence-corrected chi connectivity index (χ4v) is 7.22. The van der Waals surface area contributed by atoms with E-state index in [4.69, 9.17) is 62.7 Å². The lowest BCUT2D eigenvalue weighted by atomic mass is 9.75. The smallest absolute Gasteiger partial charge is 0.250 e. The van der Waals surface area contributed by atoms with Gasteiger partial charge in [-0.25, -0.2) is 4.90 Å². The van der Waals surface area contributed by atoms with Gasteiger partial charge in [0, 0.05) is 31.3 Å². The number of carbonyl (C=O) groups excluding carboxylic acids is 3. The molecule has 2 aromatic rings. The number of fused-ring (bicyclic) bond motifs is 7. The largest absolute Gasteiger partial charge is 0.494 e. The van der Waals surface area contributed by atoms with Crippen LogP contribution in [0.15, 0.2) is 24.3 Å². The topological polar surface area (TPSA) is 78.9 Å². The molecule has 1 spiro atoms. The number of halogens is 5. The van der Waals surface area contributed by atoms with Crippen molar-refractivity contribution in [3.8, 4) is 5.75 Å². The van der Waals surface area contributed by atoms with Gasteiger partial charge in [-0.15, -0.1) is 11.6 Å². The first-order valence-electron chi connectivity index (χ1n) is 11.5. The molecule has 182 valence electrons. The highest BCUT2D eigenvalue weighted by Gasteiger charge is 2.75. The molecule has 35 heavy (non-hydrogen) atoms. The summed E-state index contributed by atoms with van der Waals surface area (Å²) in [5, 5.41) is 2.42. The molecule has 3 fully saturated rings. The van der Waals surface area contributed by atoms with Crippen LogP contribution in [-0.4, -0.2) is 47.7 Å². The Labute approximate surface area is 227 Å². The molecule has 6 rings (SSSR count). The zero-order chi connectivity index (χ0) is 26.8. The quantitative estimate of drug-likeness (QED) is 0.404. The molecule has 12 heteroatoms. The van der Waals surface area contributed by atoms with Crippen molar-refractivity contribution in [2.75, 3.05) is 23.9 Å². The van der Waals surface area contributed by atoms with Crippen LogP contribution in [0.5, 0.6) is 5.75 Å². The van der Waals surface area contributed by atoms with Crippen molar-refractivity contribution in [2.24, 2.45) is 11.8 Å². The molecule has 4 aliphatic rings. The molecular formula is C23H16Cl5N3O4. The van der Waals surface area contributed by atoms with E-state index in [-0.39, 0.29) is 55.7 Å². The number of hydrogen-bond donors (Lipinski definition) is 1. The Hall–Kier alpha value is -1.74. The first kappa shape index (κ1) is 21.4. The summed E-state index contributed by atoms with van der Waals surface area (Å²) < 4.78 is 24.3. The number of ether oxygens (including phenoxy) is 1. The minimum absolute atomic E-state index is 0.0151. The first-order chi connectivity index (χ1) is 17.3. The standard InChI is InChI=1S/C23H16Cl5N3O4/c1-35-19-13(27)5-10(6-14(19)28)31-20(32)16-15-4-9(25)7-30(15)23(17(16)21(31)33)11-2-8(24)3-12(26)18(11)29-22(23)34/h2-3,5-6,9,15-17H,4,7H2,1H3,(H,29,34)/t9-,15?,16?,17?,23?/m0/s1/i16D,17D. The number of methoxy groups -OCH3 is 1. The first-order valence-corrected chi connectivity index (χ1v) is 12.4. The molecule has 3 saturated heterocycles. The van der Waals surface area contributed by atoms with Gasteiger partial charge in [0.15, 0.2) is 5.75 Å². The molecule has 0 aliphatic carbocycles. The highest BCUT2D eigenvalue weighted by atomic mass is 35.5. The van der Waals surface area contributed by atoms with E-state index in [1.807, 2.05) is 0 Å². The molecule has 1 N–H and O–H groups in total. The third-order valence-electron chi connectivity index (χ3n) is 6.95. The van der Waals surface area contributed by atoms with E-state index in [0.717, 1.165) is 0 Å². The predicted octanol–water partition coefficient (Wildman–Crippen LogP) is 4.96. The summed E-state index contributed by atoms with van der Waals surface area (Å²) in [5.41, 5.74) is -1.85. The molecule has 5 atom stereocenters. The lowest BCUT2D eigenvalue weighted by Crippen LogP contribution is -2.54. The van der Waals surface area contributed by atoms with Gasteiger partial charge in [0.05, 0.1) is 45.3 Å². The van der Waals surface area contributed by atoms with Gasteiger partial charge in [-0.2, -0.15) is 0 Å². The van der Waals surface area contributed by atoms with Crippen molar-refractivity contribution in [1.82, 2.24) is 4.90 Å². The SMILES string of the molecule is [2H]C12C(=O)N(c3cc(Cl)c(OC)c(Cl)c3)C(=O)C1([2H])C1(C(=O)Nc3c(Cl)cc(Cl)cc31)N1C[C@@H](Cl)CC12. The summed E-state index contributed by atoms with van der Waals surface area (Å²) in [5.74, 6) is -7.76.